The van der Waals surface area contributed by atoms with Crippen LogP contribution in [0.2, 0.25) is 0 Å². The Morgan fingerprint density at radius 2 is 2.03 bits per heavy atom. The molecule has 1 unspecified atom stereocenters. The van der Waals surface area contributed by atoms with Crippen molar-refractivity contribution in [2.45, 2.75) is 45.5 Å². The standard InChI is InChI=1S/C20H27F3N4O2S.HI/c1-4-24-19(26-10-18-27-17(12-30-18)13(2)3)25-9-15(28)11-29-16-7-5-6-14(8-16)20(21,22)23;/h5-8,12-13,15,28H,4,9-11H2,1-3H3,(H2,24,25,26);1H. The molecule has 0 fully saturated rings. The fourth-order valence-corrected chi connectivity index (χ4v) is 3.26. The number of alkyl halides is 3. The number of rotatable bonds is 9. The van der Waals surface area contributed by atoms with Gasteiger partial charge in [-0.05, 0) is 31.0 Å². The maximum Gasteiger partial charge on any atom is 0.416 e. The molecule has 0 aliphatic rings. The summed E-state index contributed by atoms with van der Waals surface area (Å²) < 4.78 is 43.5. The van der Waals surface area contributed by atoms with E-state index in [9.17, 15) is 18.3 Å². The van der Waals surface area contributed by atoms with Gasteiger partial charge in [0, 0.05) is 18.5 Å². The first-order valence-corrected chi connectivity index (χ1v) is 10.5. The minimum atomic E-state index is -4.44. The summed E-state index contributed by atoms with van der Waals surface area (Å²) in [5.41, 5.74) is 0.238. The summed E-state index contributed by atoms with van der Waals surface area (Å²) in [5, 5.41) is 19.1. The number of benzene rings is 1. The average Bonchev–Trinajstić information content (AvgIpc) is 3.17. The van der Waals surface area contributed by atoms with Crippen LogP contribution in [0.3, 0.4) is 0 Å². The molecule has 2 rings (SSSR count). The van der Waals surface area contributed by atoms with E-state index in [1.165, 1.54) is 12.1 Å². The summed E-state index contributed by atoms with van der Waals surface area (Å²) in [6.45, 7) is 7.09. The Labute approximate surface area is 201 Å². The molecule has 31 heavy (non-hydrogen) atoms. The first-order valence-electron chi connectivity index (χ1n) is 9.63. The van der Waals surface area contributed by atoms with Crippen LogP contribution in [0, 0.1) is 0 Å². The van der Waals surface area contributed by atoms with Gasteiger partial charge in [-0.3, -0.25) is 0 Å². The zero-order valence-corrected chi connectivity index (χ0v) is 20.7. The van der Waals surface area contributed by atoms with E-state index in [4.69, 9.17) is 4.74 Å². The van der Waals surface area contributed by atoms with Gasteiger partial charge in [0.25, 0.3) is 0 Å². The van der Waals surface area contributed by atoms with E-state index in [0.29, 0.717) is 25.0 Å². The average molecular weight is 572 g/mol. The van der Waals surface area contributed by atoms with Crippen LogP contribution in [0.4, 0.5) is 13.2 Å². The molecule has 1 heterocycles. The molecule has 0 spiro atoms. The second kappa shape index (κ2) is 13.1. The van der Waals surface area contributed by atoms with Gasteiger partial charge in [0.1, 0.15) is 23.5 Å². The number of hydrogen-bond donors (Lipinski definition) is 3. The number of aliphatic hydroxyl groups excluding tert-OH is 1. The zero-order valence-electron chi connectivity index (χ0n) is 17.6. The Balaban J connectivity index is 0.00000480. The van der Waals surface area contributed by atoms with E-state index in [0.717, 1.165) is 22.8 Å². The van der Waals surface area contributed by atoms with Gasteiger partial charge in [0.15, 0.2) is 5.96 Å². The molecule has 1 aromatic carbocycles. The molecular formula is C20H28F3IN4O2S. The zero-order chi connectivity index (χ0) is 22.1. The highest BCUT2D eigenvalue weighted by Crippen LogP contribution is 2.31. The molecule has 1 aromatic heterocycles. The van der Waals surface area contributed by atoms with E-state index in [1.54, 1.807) is 11.3 Å². The van der Waals surface area contributed by atoms with Crippen molar-refractivity contribution in [3.05, 3.63) is 45.9 Å². The normalized spacial score (nSPS) is 13.0. The summed E-state index contributed by atoms with van der Waals surface area (Å²) in [6.07, 6.45) is -5.37. The second-order valence-electron chi connectivity index (χ2n) is 6.89. The number of aliphatic hydroxyl groups is 1. The van der Waals surface area contributed by atoms with Crippen molar-refractivity contribution in [3.8, 4) is 5.75 Å². The maximum absolute atomic E-state index is 12.7. The number of nitrogens with one attached hydrogen (secondary N) is 2. The minimum Gasteiger partial charge on any atom is -0.491 e. The van der Waals surface area contributed by atoms with Gasteiger partial charge in [-0.25, -0.2) is 9.98 Å². The third-order valence-electron chi connectivity index (χ3n) is 3.99. The minimum absolute atomic E-state index is 0. The lowest BCUT2D eigenvalue weighted by atomic mass is 10.2. The molecule has 0 radical (unpaired) electrons. The Hall–Kier alpha value is -1.60. The van der Waals surface area contributed by atoms with Crippen LogP contribution in [-0.4, -0.2) is 41.9 Å². The van der Waals surface area contributed by atoms with Gasteiger partial charge >= 0.3 is 6.18 Å². The summed E-state index contributed by atoms with van der Waals surface area (Å²) in [6, 6.07) is 4.56. The highest BCUT2D eigenvalue weighted by Gasteiger charge is 2.30. The molecule has 0 saturated carbocycles. The molecule has 0 bridgehead atoms. The number of halogens is 4. The van der Waals surface area contributed by atoms with Crippen LogP contribution in [0.15, 0.2) is 34.6 Å². The number of guanidine groups is 1. The van der Waals surface area contributed by atoms with Gasteiger partial charge < -0.3 is 20.5 Å². The van der Waals surface area contributed by atoms with Crippen LogP contribution in [0.25, 0.3) is 0 Å². The van der Waals surface area contributed by atoms with E-state index in [-0.39, 0.29) is 42.9 Å². The Morgan fingerprint density at radius 3 is 2.65 bits per heavy atom. The summed E-state index contributed by atoms with van der Waals surface area (Å²) in [4.78, 5) is 8.98. The number of nitrogens with zero attached hydrogens (tertiary/aromatic N) is 2. The van der Waals surface area contributed by atoms with Gasteiger partial charge in [-0.2, -0.15) is 13.2 Å². The predicted octanol–water partition coefficient (Wildman–Crippen LogP) is 4.40. The number of hydrogen-bond acceptors (Lipinski definition) is 5. The lowest BCUT2D eigenvalue weighted by Gasteiger charge is -2.16. The van der Waals surface area contributed by atoms with Crippen molar-refractivity contribution in [2.24, 2.45) is 4.99 Å². The fraction of sp³-hybridized carbons (Fsp3) is 0.500. The van der Waals surface area contributed by atoms with Crippen LogP contribution >= 0.6 is 35.3 Å². The third-order valence-corrected chi connectivity index (χ3v) is 4.84. The van der Waals surface area contributed by atoms with Crippen LogP contribution < -0.4 is 15.4 Å². The van der Waals surface area contributed by atoms with Crippen molar-refractivity contribution in [3.63, 3.8) is 0 Å². The predicted molar refractivity (Wildman–Crippen MR) is 127 cm³/mol. The number of aromatic nitrogens is 1. The van der Waals surface area contributed by atoms with Crippen molar-refractivity contribution in [1.82, 2.24) is 15.6 Å². The monoisotopic (exact) mass is 572 g/mol. The second-order valence-corrected chi connectivity index (χ2v) is 7.83. The van der Waals surface area contributed by atoms with Crippen molar-refractivity contribution >= 4 is 41.3 Å². The number of ether oxygens (including phenoxy) is 1. The van der Waals surface area contributed by atoms with E-state index in [2.05, 4.69) is 34.5 Å². The molecule has 11 heteroatoms. The van der Waals surface area contributed by atoms with E-state index < -0.39 is 17.8 Å². The topological polar surface area (TPSA) is 78.8 Å². The van der Waals surface area contributed by atoms with Gasteiger partial charge in [-0.15, -0.1) is 35.3 Å². The molecule has 1 atom stereocenters. The molecule has 3 N–H and O–H groups in total. The van der Waals surface area contributed by atoms with Gasteiger partial charge in [-0.1, -0.05) is 19.9 Å². The van der Waals surface area contributed by atoms with E-state index in [1.807, 2.05) is 12.3 Å². The Morgan fingerprint density at radius 1 is 1.29 bits per heavy atom. The smallest absolute Gasteiger partial charge is 0.416 e. The maximum atomic E-state index is 12.7. The van der Waals surface area contributed by atoms with E-state index >= 15 is 0 Å². The molecule has 0 aliphatic carbocycles. The molecule has 174 valence electrons. The third kappa shape index (κ3) is 9.60. The van der Waals surface area contributed by atoms with Crippen molar-refractivity contribution in [2.75, 3.05) is 19.7 Å². The summed E-state index contributed by atoms with van der Waals surface area (Å²) in [5.74, 6) is 0.920. The molecule has 0 aliphatic heterocycles. The highest BCUT2D eigenvalue weighted by atomic mass is 127. The van der Waals surface area contributed by atoms with Gasteiger partial charge in [0.05, 0.1) is 17.8 Å². The Bertz CT molecular complexity index is 831. The number of thiazole rings is 1. The largest absolute Gasteiger partial charge is 0.491 e. The first-order chi connectivity index (χ1) is 14.2. The van der Waals surface area contributed by atoms with Crippen LogP contribution in [0.1, 0.15) is 43.0 Å². The van der Waals surface area contributed by atoms with Crippen molar-refractivity contribution in [1.29, 1.82) is 0 Å². The quantitative estimate of drug-likeness (QED) is 0.236. The summed E-state index contributed by atoms with van der Waals surface area (Å²) >= 11 is 1.55. The molecule has 6 nitrogen and oxygen atoms in total. The van der Waals surface area contributed by atoms with Crippen LogP contribution in [-0.2, 0) is 12.7 Å². The first kappa shape index (κ1) is 27.4. The molecule has 2 aromatic rings. The van der Waals surface area contributed by atoms with Crippen LogP contribution in [0.5, 0.6) is 5.75 Å². The highest BCUT2D eigenvalue weighted by molar-refractivity contribution is 14.0. The lowest BCUT2D eigenvalue weighted by Crippen LogP contribution is -2.42. The Kier molecular flexibility index (Phi) is 11.6. The molecule has 0 saturated heterocycles. The molecular weight excluding hydrogens is 544 g/mol. The van der Waals surface area contributed by atoms with Crippen molar-refractivity contribution < 1.29 is 23.0 Å². The summed E-state index contributed by atoms with van der Waals surface area (Å²) in [7, 11) is 0. The molecule has 0 amide bonds. The fourth-order valence-electron chi connectivity index (χ4n) is 2.38. The SMILES string of the molecule is CCNC(=NCc1nc(C(C)C)cs1)NCC(O)COc1cccc(C(F)(F)F)c1.I. The number of aliphatic imine (C=N–C) groups is 1. The lowest BCUT2D eigenvalue weighted by molar-refractivity contribution is -0.137. The van der Waals surface area contributed by atoms with Gasteiger partial charge in [0.2, 0.25) is 0 Å².